The topological polar surface area (TPSA) is 67.8 Å². The first-order valence-corrected chi connectivity index (χ1v) is 6.93. The lowest BCUT2D eigenvalue weighted by molar-refractivity contribution is 0.318. The summed E-state index contributed by atoms with van der Waals surface area (Å²) < 4.78 is 5.19. The number of thioether (sulfide) groups is 1. The zero-order valence-electron chi connectivity index (χ0n) is 11.0. The van der Waals surface area contributed by atoms with E-state index in [1.54, 1.807) is 7.11 Å². The number of ether oxygens (including phenoxy) is 1. The molecule has 0 radical (unpaired) electrons. The summed E-state index contributed by atoms with van der Waals surface area (Å²) in [6.07, 6.45) is 1.15. The number of methoxy groups -OCH3 is 1. The van der Waals surface area contributed by atoms with Crippen LogP contribution in [0.3, 0.4) is 0 Å². The summed E-state index contributed by atoms with van der Waals surface area (Å²) in [5.41, 5.74) is 7.40. The molecule has 4 nitrogen and oxygen atoms in total. The van der Waals surface area contributed by atoms with Crippen LogP contribution in [0.15, 0.2) is 23.4 Å². The first-order valence-electron chi connectivity index (χ1n) is 5.88. The number of rotatable bonds is 6. The smallest absolute Gasteiger partial charge is 0.173 e. The van der Waals surface area contributed by atoms with Gasteiger partial charge in [-0.15, -0.1) is 0 Å². The molecule has 0 spiro atoms. The number of oxime groups is 1. The van der Waals surface area contributed by atoms with Gasteiger partial charge in [0.2, 0.25) is 0 Å². The first kappa shape index (κ1) is 14.7. The summed E-state index contributed by atoms with van der Waals surface area (Å²) in [6.45, 7) is 4.38. The van der Waals surface area contributed by atoms with Gasteiger partial charge < -0.3 is 15.7 Å². The van der Waals surface area contributed by atoms with Gasteiger partial charge in [0.15, 0.2) is 5.84 Å². The molecule has 0 aliphatic carbocycles. The molecule has 3 N–H and O–H groups in total. The SMILES string of the molecule is CCC(C)SCc1ccc(OC)c(C(N)=NO)c1. The minimum atomic E-state index is 0.0715. The van der Waals surface area contributed by atoms with Crippen molar-refractivity contribution < 1.29 is 9.94 Å². The summed E-state index contributed by atoms with van der Waals surface area (Å²) in [7, 11) is 1.57. The first-order chi connectivity index (χ1) is 8.62. The molecule has 0 aromatic heterocycles. The molecule has 0 bridgehead atoms. The highest BCUT2D eigenvalue weighted by atomic mass is 32.2. The molecule has 0 aliphatic heterocycles. The number of hydrogen-bond donors (Lipinski definition) is 2. The van der Waals surface area contributed by atoms with Crippen molar-refractivity contribution in [3.63, 3.8) is 0 Å². The average Bonchev–Trinajstić information content (AvgIpc) is 2.43. The lowest BCUT2D eigenvalue weighted by Gasteiger charge is -2.11. The highest BCUT2D eigenvalue weighted by Crippen LogP contribution is 2.24. The van der Waals surface area contributed by atoms with E-state index in [0.717, 1.165) is 17.7 Å². The molecule has 0 heterocycles. The molecule has 1 unspecified atom stereocenters. The van der Waals surface area contributed by atoms with E-state index in [9.17, 15) is 0 Å². The van der Waals surface area contributed by atoms with Gasteiger partial charge in [0, 0.05) is 11.0 Å². The van der Waals surface area contributed by atoms with Crippen LogP contribution in [0.1, 0.15) is 31.4 Å². The van der Waals surface area contributed by atoms with E-state index in [2.05, 4.69) is 19.0 Å². The van der Waals surface area contributed by atoms with Crippen molar-refractivity contribution in [3.05, 3.63) is 29.3 Å². The highest BCUT2D eigenvalue weighted by Gasteiger charge is 2.09. The molecule has 0 saturated carbocycles. The number of nitrogens with two attached hydrogens (primary N) is 1. The Kier molecular flexibility index (Phi) is 5.85. The minimum absolute atomic E-state index is 0.0715. The molecule has 1 rings (SSSR count). The average molecular weight is 268 g/mol. The van der Waals surface area contributed by atoms with Gasteiger partial charge in [-0.25, -0.2) is 0 Å². The van der Waals surface area contributed by atoms with Crippen molar-refractivity contribution in [2.24, 2.45) is 10.9 Å². The van der Waals surface area contributed by atoms with Crippen LogP contribution in [0.4, 0.5) is 0 Å². The maximum Gasteiger partial charge on any atom is 0.173 e. The van der Waals surface area contributed by atoms with Gasteiger partial charge in [-0.2, -0.15) is 11.8 Å². The predicted octanol–water partition coefficient (Wildman–Crippen LogP) is 2.82. The van der Waals surface area contributed by atoms with Crippen LogP contribution in [0, 0.1) is 0 Å². The van der Waals surface area contributed by atoms with Gasteiger partial charge in [0.25, 0.3) is 0 Å². The van der Waals surface area contributed by atoms with Gasteiger partial charge in [-0.3, -0.25) is 0 Å². The lowest BCUT2D eigenvalue weighted by Crippen LogP contribution is -2.14. The third-order valence-corrected chi connectivity index (χ3v) is 4.16. The molecule has 1 atom stereocenters. The van der Waals surface area contributed by atoms with Crippen molar-refractivity contribution in [1.82, 2.24) is 0 Å². The van der Waals surface area contributed by atoms with Crippen LogP contribution in [0.5, 0.6) is 5.75 Å². The Labute approximate surface area is 112 Å². The zero-order chi connectivity index (χ0) is 13.5. The third-order valence-electron chi connectivity index (χ3n) is 2.76. The van der Waals surface area contributed by atoms with Crippen LogP contribution < -0.4 is 10.5 Å². The van der Waals surface area contributed by atoms with Crippen LogP contribution in [-0.2, 0) is 5.75 Å². The Balaban J connectivity index is 2.89. The molecule has 0 aliphatic rings. The Morgan fingerprint density at radius 2 is 2.28 bits per heavy atom. The standard InChI is InChI=1S/C13H20N2O2S/c1-4-9(2)18-8-10-5-6-12(17-3)11(7-10)13(14)15-16/h5-7,9,16H,4,8H2,1-3H3,(H2,14,15). The van der Waals surface area contributed by atoms with E-state index in [-0.39, 0.29) is 5.84 Å². The molecule has 0 amide bonds. The van der Waals surface area contributed by atoms with Crippen LogP contribution in [0.25, 0.3) is 0 Å². The summed E-state index contributed by atoms with van der Waals surface area (Å²) in [5.74, 6) is 1.59. The largest absolute Gasteiger partial charge is 0.496 e. The van der Waals surface area contributed by atoms with Gasteiger partial charge in [0.1, 0.15) is 5.75 Å². The monoisotopic (exact) mass is 268 g/mol. The second kappa shape index (κ2) is 7.16. The predicted molar refractivity (Wildman–Crippen MR) is 76.6 cm³/mol. The molecule has 100 valence electrons. The Morgan fingerprint density at radius 3 is 2.83 bits per heavy atom. The Bertz CT molecular complexity index is 421. The molecular weight excluding hydrogens is 248 g/mol. The molecule has 18 heavy (non-hydrogen) atoms. The van der Waals surface area contributed by atoms with Gasteiger partial charge in [0.05, 0.1) is 12.7 Å². The van der Waals surface area contributed by atoms with E-state index < -0.39 is 0 Å². The lowest BCUT2D eigenvalue weighted by atomic mass is 10.1. The molecule has 1 aromatic rings. The maximum absolute atomic E-state index is 8.76. The van der Waals surface area contributed by atoms with Crippen molar-refractivity contribution in [2.45, 2.75) is 31.3 Å². The summed E-state index contributed by atoms with van der Waals surface area (Å²) >= 11 is 1.89. The molecule has 5 heteroatoms. The van der Waals surface area contributed by atoms with E-state index in [4.69, 9.17) is 15.7 Å². The Morgan fingerprint density at radius 1 is 1.56 bits per heavy atom. The quantitative estimate of drug-likeness (QED) is 0.360. The van der Waals surface area contributed by atoms with Crippen molar-refractivity contribution in [3.8, 4) is 5.75 Å². The fourth-order valence-corrected chi connectivity index (χ4v) is 2.35. The maximum atomic E-state index is 8.76. The summed E-state index contributed by atoms with van der Waals surface area (Å²) in [6, 6.07) is 5.76. The normalized spacial score (nSPS) is 13.4. The van der Waals surface area contributed by atoms with E-state index in [1.807, 2.05) is 30.0 Å². The summed E-state index contributed by atoms with van der Waals surface area (Å²) in [5, 5.41) is 12.4. The minimum Gasteiger partial charge on any atom is -0.496 e. The van der Waals surface area contributed by atoms with E-state index in [1.165, 1.54) is 0 Å². The number of nitrogens with zero attached hydrogens (tertiary/aromatic N) is 1. The van der Waals surface area contributed by atoms with E-state index >= 15 is 0 Å². The van der Waals surface area contributed by atoms with E-state index in [0.29, 0.717) is 16.6 Å². The van der Waals surface area contributed by atoms with Gasteiger partial charge in [-0.1, -0.05) is 25.1 Å². The Hall–Kier alpha value is -1.36. The summed E-state index contributed by atoms with van der Waals surface area (Å²) in [4.78, 5) is 0. The van der Waals surface area contributed by atoms with Crippen LogP contribution in [-0.4, -0.2) is 23.4 Å². The van der Waals surface area contributed by atoms with Gasteiger partial charge >= 0.3 is 0 Å². The molecule has 0 fully saturated rings. The van der Waals surface area contributed by atoms with Crippen LogP contribution >= 0.6 is 11.8 Å². The van der Waals surface area contributed by atoms with Crippen molar-refractivity contribution >= 4 is 17.6 Å². The van der Waals surface area contributed by atoms with Crippen molar-refractivity contribution in [1.29, 1.82) is 0 Å². The van der Waals surface area contributed by atoms with Gasteiger partial charge in [-0.05, 0) is 24.1 Å². The second-order valence-electron chi connectivity index (χ2n) is 4.05. The molecule has 1 aromatic carbocycles. The van der Waals surface area contributed by atoms with Crippen molar-refractivity contribution in [2.75, 3.05) is 7.11 Å². The third kappa shape index (κ3) is 3.84. The molecular formula is C13H20N2O2S. The highest BCUT2D eigenvalue weighted by molar-refractivity contribution is 7.99. The zero-order valence-corrected chi connectivity index (χ0v) is 11.8. The molecule has 0 saturated heterocycles. The number of hydrogen-bond acceptors (Lipinski definition) is 4. The fourth-order valence-electron chi connectivity index (χ4n) is 1.46. The second-order valence-corrected chi connectivity index (χ2v) is 5.48. The fraction of sp³-hybridized carbons (Fsp3) is 0.462. The number of benzene rings is 1. The number of amidine groups is 1. The van der Waals surface area contributed by atoms with Crippen LogP contribution in [0.2, 0.25) is 0 Å².